The molecule has 1 aliphatic heterocycles. The number of ether oxygens (including phenoxy) is 2. The zero-order valence-corrected chi connectivity index (χ0v) is 13.7. The lowest BCUT2D eigenvalue weighted by Gasteiger charge is -2.28. The van der Waals surface area contributed by atoms with Gasteiger partial charge in [-0.25, -0.2) is 9.97 Å². The first-order valence-electron chi connectivity index (χ1n) is 7.99. The predicted molar refractivity (Wildman–Crippen MR) is 95.4 cm³/mol. The SMILES string of the molecule is N=C(N)OCC1c2cc(O)ccc2Oc2ccc(-c3cncnc3)cc21. The van der Waals surface area contributed by atoms with Crippen molar-refractivity contribution in [3.8, 4) is 28.4 Å². The molecule has 0 fully saturated rings. The number of hydrogen-bond donors (Lipinski definition) is 3. The van der Waals surface area contributed by atoms with Gasteiger partial charge in [-0.1, -0.05) is 6.07 Å². The second kappa shape index (κ2) is 6.36. The van der Waals surface area contributed by atoms with Gasteiger partial charge in [-0.05, 0) is 35.9 Å². The van der Waals surface area contributed by atoms with Crippen LogP contribution in [0.25, 0.3) is 11.1 Å². The van der Waals surface area contributed by atoms with E-state index in [1.54, 1.807) is 30.6 Å². The van der Waals surface area contributed by atoms with E-state index < -0.39 is 0 Å². The van der Waals surface area contributed by atoms with Crippen LogP contribution in [-0.2, 0) is 4.74 Å². The zero-order valence-electron chi connectivity index (χ0n) is 13.7. The number of phenolic OH excluding ortho intramolecular Hbond substituents is 1. The molecule has 0 saturated heterocycles. The van der Waals surface area contributed by atoms with Crippen LogP contribution in [0.1, 0.15) is 17.0 Å². The Balaban J connectivity index is 1.81. The summed E-state index contributed by atoms with van der Waals surface area (Å²) in [7, 11) is 0. The van der Waals surface area contributed by atoms with Gasteiger partial charge in [0.1, 0.15) is 30.2 Å². The topological polar surface area (TPSA) is 114 Å². The van der Waals surface area contributed by atoms with Gasteiger partial charge in [-0.2, -0.15) is 0 Å². The van der Waals surface area contributed by atoms with Crippen LogP contribution in [0.2, 0.25) is 0 Å². The Labute approximate surface area is 149 Å². The minimum absolute atomic E-state index is 0.135. The van der Waals surface area contributed by atoms with E-state index in [9.17, 15) is 5.11 Å². The molecule has 2 heterocycles. The summed E-state index contributed by atoms with van der Waals surface area (Å²) in [5.41, 5.74) is 8.84. The Morgan fingerprint density at radius 1 is 1.08 bits per heavy atom. The second-order valence-corrected chi connectivity index (χ2v) is 5.93. The Kier molecular flexibility index (Phi) is 3.89. The fourth-order valence-electron chi connectivity index (χ4n) is 3.08. The summed E-state index contributed by atoms with van der Waals surface area (Å²) < 4.78 is 11.3. The van der Waals surface area contributed by atoms with Crippen LogP contribution < -0.4 is 10.5 Å². The van der Waals surface area contributed by atoms with Gasteiger partial charge >= 0.3 is 0 Å². The summed E-state index contributed by atoms with van der Waals surface area (Å²) in [5.74, 6) is 1.23. The molecule has 3 aromatic rings. The first-order valence-corrected chi connectivity index (χ1v) is 7.99. The van der Waals surface area contributed by atoms with Gasteiger partial charge in [0, 0.05) is 29.1 Å². The number of fused-ring (bicyclic) bond motifs is 2. The summed E-state index contributed by atoms with van der Waals surface area (Å²) in [6, 6.07) is 10.4. The molecule has 0 radical (unpaired) electrons. The number of nitrogens with one attached hydrogen (secondary N) is 1. The lowest BCUT2D eigenvalue weighted by atomic mass is 9.87. The largest absolute Gasteiger partial charge is 0.508 e. The molecule has 0 spiro atoms. The molecule has 0 aliphatic carbocycles. The van der Waals surface area contributed by atoms with Crippen LogP contribution in [0, 0.1) is 5.41 Å². The Morgan fingerprint density at radius 3 is 2.50 bits per heavy atom. The molecule has 1 atom stereocenters. The molecule has 7 heteroatoms. The maximum absolute atomic E-state index is 9.88. The van der Waals surface area contributed by atoms with Crippen molar-refractivity contribution < 1.29 is 14.6 Å². The van der Waals surface area contributed by atoms with Gasteiger partial charge in [0.25, 0.3) is 6.02 Å². The standard InChI is InChI=1S/C19H16N4O3/c20-19(21)25-9-16-14-5-11(12-7-22-10-23-8-12)1-3-17(14)26-18-4-2-13(24)6-15(16)18/h1-8,10,16,24H,9H2,(H3,20,21). The Morgan fingerprint density at radius 2 is 1.77 bits per heavy atom. The highest BCUT2D eigenvalue weighted by Crippen LogP contribution is 2.46. The molecule has 4 rings (SSSR count). The third-order valence-electron chi connectivity index (χ3n) is 4.27. The van der Waals surface area contributed by atoms with Gasteiger partial charge in [-0.3, -0.25) is 5.41 Å². The van der Waals surface area contributed by atoms with Crippen LogP contribution >= 0.6 is 0 Å². The molecule has 0 saturated carbocycles. The van der Waals surface area contributed by atoms with E-state index in [-0.39, 0.29) is 24.3 Å². The van der Waals surface area contributed by atoms with E-state index in [0.717, 1.165) is 22.3 Å². The highest BCUT2D eigenvalue weighted by atomic mass is 16.5. The highest BCUT2D eigenvalue weighted by Gasteiger charge is 2.29. The lowest BCUT2D eigenvalue weighted by molar-refractivity contribution is 0.274. The first-order chi connectivity index (χ1) is 12.6. The van der Waals surface area contributed by atoms with Crippen molar-refractivity contribution in [3.63, 3.8) is 0 Å². The number of hydrogen-bond acceptors (Lipinski definition) is 6. The monoisotopic (exact) mass is 348 g/mol. The number of nitrogens with two attached hydrogens (primary N) is 1. The van der Waals surface area contributed by atoms with Crippen molar-refractivity contribution in [2.75, 3.05) is 6.61 Å². The normalized spacial score (nSPS) is 14.7. The molecule has 7 nitrogen and oxygen atoms in total. The zero-order chi connectivity index (χ0) is 18.1. The second-order valence-electron chi connectivity index (χ2n) is 5.93. The molecule has 130 valence electrons. The quantitative estimate of drug-likeness (QED) is 0.495. The maximum atomic E-state index is 9.88. The third kappa shape index (κ3) is 2.90. The molecule has 4 N–H and O–H groups in total. The number of aromatic nitrogens is 2. The van der Waals surface area contributed by atoms with Gasteiger partial charge in [-0.15, -0.1) is 0 Å². The van der Waals surface area contributed by atoms with Crippen molar-refractivity contribution in [2.24, 2.45) is 5.73 Å². The van der Waals surface area contributed by atoms with Gasteiger partial charge in [0.05, 0.1) is 5.92 Å². The van der Waals surface area contributed by atoms with Crippen molar-refractivity contribution in [3.05, 3.63) is 66.2 Å². The molecule has 1 aromatic heterocycles. The lowest BCUT2D eigenvalue weighted by Crippen LogP contribution is -2.21. The highest BCUT2D eigenvalue weighted by molar-refractivity contribution is 5.69. The van der Waals surface area contributed by atoms with Crippen LogP contribution in [-0.4, -0.2) is 27.7 Å². The van der Waals surface area contributed by atoms with E-state index in [4.69, 9.17) is 20.6 Å². The average Bonchev–Trinajstić information content (AvgIpc) is 2.65. The van der Waals surface area contributed by atoms with Crippen LogP contribution in [0.3, 0.4) is 0 Å². The van der Waals surface area contributed by atoms with Crippen LogP contribution in [0.5, 0.6) is 17.2 Å². The van der Waals surface area contributed by atoms with Gasteiger partial charge < -0.3 is 20.3 Å². The summed E-state index contributed by atoms with van der Waals surface area (Å²) in [5, 5.41) is 17.2. The number of aromatic hydroxyl groups is 1. The fourth-order valence-corrected chi connectivity index (χ4v) is 3.08. The van der Waals surface area contributed by atoms with Crippen LogP contribution in [0.15, 0.2) is 55.1 Å². The van der Waals surface area contributed by atoms with Gasteiger partial charge in [0.2, 0.25) is 0 Å². The van der Waals surface area contributed by atoms with Crippen molar-refractivity contribution in [1.29, 1.82) is 5.41 Å². The first kappa shape index (κ1) is 15.9. The molecule has 26 heavy (non-hydrogen) atoms. The predicted octanol–water partition coefficient (Wildman–Crippen LogP) is 3.00. The Hall–Kier alpha value is -3.61. The van der Waals surface area contributed by atoms with Gasteiger partial charge in [0.15, 0.2) is 0 Å². The summed E-state index contributed by atoms with van der Waals surface area (Å²) >= 11 is 0. The minimum atomic E-state index is -0.354. The summed E-state index contributed by atoms with van der Waals surface area (Å²) in [6.45, 7) is 0.164. The van der Waals surface area contributed by atoms with E-state index in [1.165, 1.54) is 6.33 Å². The van der Waals surface area contributed by atoms with Crippen molar-refractivity contribution in [1.82, 2.24) is 9.97 Å². The number of benzene rings is 2. The van der Waals surface area contributed by atoms with E-state index in [1.807, 2.05) is 18.2 Å². The summed E-state index contributed by atoms with van der Waals surface area (Å²) in [4.78, 5) is 8.11. The molecule has 0 bridgehead atoms. The number of rotatable bonds is 3. The number of amidine groups is 1. The van der Waals surface area contributed by atoms with E-state index in [2.05, 4.69) is 9.97 Å². The number of phenols is 1. The number of nitrogens with zero attached hydrogens (tertiary/aromatic N) is 2. The smallest absolute Gasteiger partial charge is 0.279 e. The molecular weight excluding hydrogens is 332 g/mol. The molecule has 1 aliphatic rings. The van der Waals surface area contributed by atoms with Crippen molar-refractivity contribution in [2.45, 2.75) is 5.92 Å². The molecule has 0 amide bonds. The van der Waals surface area contributed by atoms with Crippen molar-refractivity contribution >= 4 is 6.02 Å². The van der Waals surface area contributed by atoms with Crippen LogP contribution in [0.4, 0.5) is 0 Å². The molecule has 2 aromatic carbocycles. The molecular formula is C19H16N4O3. The fraction of sp³-hybridized carbons (Fsp3) is 0.105. The maximum Gasteiger partial charge on any atom is 0.279 e. The Bertz CT molecular complexity index is 976. The summed E-state index contributed by atoms with van der Waals surface area (Å²) in [6.07, 6.45) is 4.95. The van der Waals surface area contributed by atoms with E-state index in [0.29, 0.717) is 11.5 Å². The average molecular weight is 348 g/mol. The minimum Gasteiger partial charge on any atom is -0.508 e. The van der Waals surface area contributed by atoms with E-state index >= 15 is 0 Å². The third-order valence-corrected chi connectivity index (χ3v) is 4.27. The molecule has 1 unspecified atom stereocenters.